The predicted octanol–water partition coefficient (Wildman–Crippen LogP) is 0.740. The molecule has 0 radical (unpaired) electrons. The minimum absolute atomic E-state index is 0.363. The normalized spacial score (nSPS) is 9.95. The van der Waals surface area contributed by atoms with Gasteiger partial charge in [-0.05, 0) is 6.07 Å². The second-order valence-corrected chi connectivity index (χ2v) is 3.62. The number of nitro groups is 1. The highest BCUT2D eigenvalue weighted by Crippen LogP contribution is 2.22. The predicted molar refractivity (Wildman–Crippen MR) is 64.9 cm³/mol. The van der Waals surface area contributed by atoms with Crippen LogP contribution in [0.3, 0.4) is 0 Å². The molecule has 0 unspecified atom stereocenters. The lowest BCUT2D eigenvalue weighted by molar-refractivity contribution is -0.385. The quantitative estimate of drug-likeness (QED) is 0.257. The molecule has 0 bridgehead atoms. The van der Waals surface area contributed by atoms with Gasteiger partial charge in [-0.15, -0.1) is 0 Å². The monoisotopic (exact) mass is 281 g/mol. The van der Waals surface area contributed by atoms with Crippen LogP contribution in [0.25, 0.3) is 0 Å². The molecule has 0 N–H and O–H groups in total. The molecule has 0 fully saturated rings. The van der Waals surface area contributed by atoms with E-state index in [9.17, 15) is 24.5 Å². The Morgan fingerprint density at radius 2 is 1.60 bits per heavy atom. The van der Waals surface area contributed by atoms with Crippen molar-refractivity contribution in [2.24, 2.45) is 5.92 Å². The summed E-state index contributed by atoms with van der Waals surface area (Å²) in [5, 5.41) is 10.8. The van der Waals surface area contributed by atoms with Crippen molar-refractivity contribution in [3.63, 3.8) is 0 Å². The molecule has 0 spiro atoms. The second-order valence-electron chi connectivity index (χ2n) is 3.62. The average molecular weight is 281 g/mol. The molecule has 0 aromatic heterocycles. The smallest absolute Gasteiger partial charge is 0.328 e. The summed E-state index contributed by atoms with van der Waals surface area (Å²) in [6, 6.07) is 4.99. The summed E-state index contributed by atoms with van der Waals surface area (Å²) < 4.78 is 8.70. The Hall–Kier alpha value is -2.77. The Labute approximate surface area is 113 Å². The third-order valence-corrected chi connectivity index (χ3v) is 2.50. The highest BCUT2D eigenvalue weighted by molar-refractivity contribution is 6.21. The maximum atomic E-state index is 12.2. The van der Waals surface area contributed by atoms with E-state index >= 15 is 0 Å². The van der Waals surface area contributed by atoms with Gasteiger partial charge in [0.1, 0.15) is 0 Å². The van der Waals surface area contributed by atoms with Crippen molar-refractivity contribution < 1.29 is 28.8 Å². The standard InChI is InChI=1S/C12H11NO7/c1-19-11(15)9(12(16)20-2)10(14)7-5-3-4-6-8(7)13(17)18/h3-6,9H,1-2H3. The number of hydrogen-bond donors (Lipinski definition) is 0. The molecule has 8 heteroatoms. The number of methoxy groups -OCH3 is 2. The van der Waals surface area contributed by atoms with E-state index in [4.69, 9.17) is 0 Å². The summed E-state index contributed by atoms with van der Waals surface area (Å²) >= 11 is 0. The molecular weight excluding hydrogens is 270 g/mol. The number of nitrogens with zero attached hydrogens (tertiary/aromatic N) is 1. The van der Waals surface area contributed by atoms with E-state index in [2.05, 4.69) is 9.47 Å². The number of esters is 2. The number of hydrogen-bond acceptors (Lipinski definition) is 7. The molecule has 1 rings (SSSR count). The minimum Gasteiger partial charge on any atom is -0.468 e. The van der Waals surface area contributed by atoms with E-state index in [1.165, 1.54) is 12.1 Å². The minimum atomic E-state index is -1.88. The van der Waals surface area contributed by atoms with Gasteiger partial charge in [-0.3, -0.25) is 24.5 Å². The van der Waals surface area contributed by atoms with Gasteiger partial charge < -0.3 is 9.47 Å². The maximum absolute atomic E-state index is 12.2. The highest BCUT2D eigenvalue weighted by atomic mass is 16.6. The summed E-state index contributed by atoms with van der Waals surface area (Å²) in [5.74, 6) is -5.21. The lowest BCUT2D eigenvalue weighted by Crippen LogP contribution is -2.34. The molecule has 0 atom stereocenters. The van der Waals surface area contributed by atoms with Gasteiger partial charge in [0.25, 0.3) is 5.69 Å². The van der Waals surface area contributed by atoms with E-state index in [0.717, 1.165) is 26.4 Å². The molecule has 0 aliphatic heterocycles. The van der Waals surface area contributed by atoms with E-state index in [1.807, 2.05) is 0 Å². The molecule has 1 aromatic carbocycles. The topological polar surface area (TPSA) is 113 Å². The van der Waals surface area contributed by atoms with Crippen LogP contribution in [0.1, 0.15) is 10.4 Å². The zero-order chi connectivity index (χ0) is 15.3. The fourth-order valence-corrected chi connectivity index (χ4v) is 1.54. The van der Waals surface area contributed by atoms with Gasteiger partial charge in [0, 0.05) is 6.07 Å². The molecule has 0 amide bonds. The first-order valence-electron chi connectivity index (χ1n) is 5.37. The molecule has 106 valence electrons. The number of carbonyl (C=O) groups excluding carboxylic acids is 3. The van der Waals surface area contributed by atoms with Crippen molar-refractivity contribution in [3.05, 3.63) is 39.9 Å². The van der Waals surface area contributed by atoms with Crippen molar-refractivity contribution >= 4 is 23.4 Å². The van der Waals surface area contributed by atoms with Crippen LogP contribution >= 0.6 is 0 Å². The molecule has 20 heavy (non-hydrogen) atoms. The summed E-state index contributed by atoms with van der Waals surface area (Å²) in [7, 11) is 1.98. The Morgan fingerprint density at radius 3 is 2.05 bits per heavy atom. The van der Waals surface area contributed by atoms with Gasteiger partial charge in [-0.25, -0.2) is 0 Å². The molecular formula is C12H11NO7. The maximum Gasteiger partial charge on any atom is 0.328 e. The first-order chi connectivity index (χ1) is 9.43. The Balaban J connectivity index is 3.30. The SMILES string of the molecule is COC(=O)C(C(=O)OC)C(=O)c1ccccc1[N+](=O)[O-]. The van der Waals surface area contributed by atoms with Gasteiger partial charge in [0.05, 0.1) is 24.7 Å². The molecule has 8 nitrogen and oxygen atoms in total. The van der Waals surface area contributed by atoms with Crippen molar-refractivity contribution in [3.8, 4) is 0 Å². The lowest BCUT2D eigenvalue weighted by Gasteiger charge is -2.11. The van der Waals surface area contributed by atoms with Gasteiger partial charge in [0.2, 0.25) is 5.92 Å². The third-order valence-electron chi connectivity index (χ3n) is 2.50. The number of benzene rings is 1. The lowest BCUT2D eigenvalue weighted by atomic mass is 9.96. The van der Waals surface area contributed by atoms with Crippen LogP contribution in [0.4, 0.5) is 5.69 Å². The van der Waals surface area contributed by atoms with E-state index < -0.39 is 34.3 Å². The molecule has 0 heterocycles. The van der Waals surface area contributed by atoms with Crippen molar-refractivity contribution in [2.45, 2.75) is 0 Å². The zero-order valence-corrected chi connectivity index (χ0v) is 10.7. The Morgan fingerprint density at radius 1 is 1.10 bits per heavy atom. The molecule has 1 aromatic rings. The third kappa shape index (κ3) is 2.97. The first-order valence-corrected chi connectivity index (χ1v) is 5.37. The molecule has 0 aliphatic carbocycles. The van der Waals surface area contributed by atoms with Gasteiger partial charge in [-0.1, -0.05) is 12.1 Å². The molecule has 0 aliphatic rings. The number of ketones is 1. The molecule has 0 saturated carbocycles. The van der Waals surface area contributed by atoms with Crippen LogP contribution in [0.15, 0.2) is 24.3 Å². The molecule has 0 saturated heterocycles. The zero-order valence-electron chi connectivity index (χ0n) is 10.7. The summed E-state index contributed by atoms with van der Waals surface area (Å²) in [6.07, 6.45) is 0. The number of nitro benzene ring substituents is 1. The fourth-order valence-electron chi connectivity index (χ4n) is 1.54. The largest absolute Gasteiger partial charge is 0.468 e. The summed E-state index contributed by atoms with van der Waals surface area (Å²) in [6.45, 7) is 0. The van der Waals surface area contributed by atoms with E-state index in [1.54, 1.807) is 0 Å². The van der Waals surface area contributed by atoms with E-state index in [0.29, 0.717) is 0 Å². The summed E-state index contributed by atoms with van der Waals surface area (Å²) in [4.78, 5) is 45.2. The van der Waals surface area contributed by atoms with Crippen LogP contribution in [0, 0.1) is 16.0 Å². The van der Waals surface area contributed by atoms with Crippen molar-refractivity contribution in [1.29, 1.82) is 0 Å². The number of rotatable bonds is 5. The number of carbonyl (C=O) groups is 3. The number of para-hydroxylation sites is 1. The van der Waals surface area contributed by atoms with Gasteiger partial charge in [-0.2, -0.15) is 0 Å². The summed E-state index contributed by atoms with van der Waals surface area (Å²) in [5.41, 5.74) is -0.867. The first kappa shape index (κ1) is 15.3. The Bertz CT molecular complexity index is 551. The number of Topliss-reactive ketones (excluding diaryl/α,β-unsaturated/α-hetero) is 1. The highest BCUT2D eigenvalue weighted by Gasteiger charge is 2.39. The van der Waals surface area contributed by atoms with Crippen molar-refractivity contribution in [1.82, 2.24) is 0 Å². The van der Waals surface area contributed by atoms with Crippen LogP contribution < -0.4 is 0 Å². The van der Waals surface area contributed by atoms with Crippen LogP contribution in [0.5, 0.6) is 0 Å². The van der Waals surface area contributed by atoms with Crippen LogP contribution in [0.2, 0.25) is 0 Å². The average Bonchev–Trinajstić information content (AvgIpc) is 2.46. The van der Waals surface area contributed by atoms with Crippen LogP contribution in [-0.4, -0.2) is 36.9 Å². The number of ether oxygens (including phenoxy) is 2. The van der Waals surface area contributed by atoms with Crippen molar-refractivity contribution in [2.75, 3.05) is 14.2 Å². The Kier molecular flexibility index (Phi) is 4.90. The fraction of sp³-hybridized carbons (Fsp3) is 0.250. The van der Waals surface area contributed by atoms with Crippen LogP contribution in [-0.2, 0) is 19.1 Å². The van der Waals surface area contributed by atoms with E-state index in [-0.39, 0.29) is 5.56 Å². The van der Waals surface area contributed by atoms with Gasteiger partial charge in [0.15, 0.2) is 5.78 Å². The van der Waals surface area contributed by atoms with Gasteiger partial charge >= 0.3 is 11.9 Å². The second kappa shape index (κ2) is 6.41.